The van der Waals surface area contributed by atoms with Crippen LogP contribution in [0.1, 0.15) is 26.3 Å². The van der Waals surface area contributed by atoms with Crippen molar-refractivity contribution < 1.29 is 44.2 Å². The van der Waals surface area contributed by atoms with Gasteiger partial charge in [0.05, 0.1) is 11.0 Å². The molecule has 0 amide bonds. The molecule has 41 heavy (non-hydrogen) atoms. The SMILES string of the molecule is C=C(CSc1ccc(NS(=O)(=O)c2ccc(C(C)(C)C)cc2)cc1)N=C(/C=C(\N)OCC(F)(F)F)OCC(F)(F)F. The molecule has 7 nitrogen and oxygen atoms in total. The van der Waals surface area contributed by atoms with Crippen LogP contribution in [0.5, 0.6) is 0 Å². The maximum absolute atomic E-state index is 12.7. The highest BCUT2D eigenvalue weighted by molar-refractivity contribution is 7.99. The van der Waals surface area contributed by atoms with Crippen molar-refractivity contribution in [2.45, 2.75) is 48.3 Å². The molecule has 0 spiro atoms. The molecule has 0 fully saturated rings. The first-order valence-corrected chi connectivity index (χ1v) is 14.2. The van der Waals surface area contributed by atoms with Crippen LogP contribution in [0.2, 0.25) is 0 Å². The van der Waals surface area contributed by atoms with E-state index in [9.17, 15) is 34.8 Å². The van der Waals surface area contributed by atoms with Gasteiger partial charge in [-0.25, -0.2) is 13.4 Å². The Balaban J connectivity index is 2.04. The average Bonchev–Trinajstić information content (AvgIpc) is 2.84. The molecule has 0 saturated heterocycles. The fourth-order valence-corrected chi connectivity index (χ4v) is 4.70. The number of anilines is 1. The highest BCUT2D eigenvalue weighted by Gasteiger charge is 2.30. The molecule has 2 rings (SSSR count). The Morgan fingerprint density at radius 2 is 1.49 bits per heavy atom. The van der Waals surface area contributed by atoms with Crippen LogP contribution in [0.15, 0.2) is 87.5 Å². The lowest BCUT2D eigenvalue weighted by atomic mass is 9.87. The number of hydrogen-bond acceptors (Lipinski definition) is 7. The zero-order chi connectivity index (χ0) is 31.1. The van der Waals surface area contributed by atoms with Gasteiger partial charge in [0.25, 0.3) is 10.0 Å². The molecular formula is C26H29F6N3O4S2. The molecule has 0 aromatic heterocycles. The Bertz CT molecular complexity index is 1350. The number of ether oxygens (including phenoxy) is 2. The van der Waals surface area contributed by atoms with E-state index in [1.165, 1.54) is 24.3 Å². The third-order valence-corrected chi connectivity index (χ3v) is 7.34. The summed E-state index contributed by atoms with van der Waals surface area (Å²) in [5, 5.41) is 0. The maximum Gasteiger partial charge on any atom is 0.422 e. The van der Waals surface area contributed by atoms with Gasteiger partial charge in [0.15, 0.2) is 19.1 Å². The van der Waals surface area contributed by atoms with Crippen molar-refractivity contribution in [2.24, 2.45) is 10.7 Å². The number of hydrogen-bond donors (Lipinski definition) is 2. The summed E-state index contributed by atoms with van der Waals surface area (Å²) in [5.74, 6) is -1.55. The van der Waals surface area contributed by atoms with Gasteiger partial charge in [-0.2, -0.15) is 26.3 Å². The predicted molar refractivity (Wildman–Crippen MR) is 146 cm³/mol. The molecule has 226 valence electrons. The molecule has 3 N–H and O–H groups in total. The van der Waals surface area contributed by atoms with Crippen molar-refractivity contribution in [3.8, 4) is 0 Å². The van der Waals surface area contributed by atoms with Crippen molar-refractivity contribution in [3.05, 3.63) is 78.3 Å². The molecule has 0 aliphatic rings. The van der Waals surface area contributed by atoms with Crippen molar-refractivity contribution in [3.63, 3.8) is 0 Å². The van der Waals surface area contributed by atoms with E-state index in [1.807, 2.05) is 20.8 Å². The van der Waals surface area contributed by atoms with Crippen LogP contribution in [0.3, 0.4) is 0 Å². The number of sulfonamides is 1. The summed E-state index contributed by atoms with van der Waals surface area (Å²) in [4.78, 5) is 4.51. The third-order valence-electron chi connectivity index (χ3n) is 4.86. The lowest BCUT2D eigenvalue weighted by molar-refractivity contribution is -0.165. The third kappa shape index (κ3) is 12.8. The number of nitrogens with two attached hydrogens (primary N) is 1. The summed E-state index contributed by atoms with van der Waals surface area (Å²) in [7, 11) is -3.84. The smallest absolute Gasteiger partial charge is 0.422 e. The molecular weight excluding hydrogens is 596 g/mol. The maximum atomic E-state index is 12.7. The lowest BCUT2D eigenvalue weighted by Crippen LogP contribution is -2.22. The molecule has 0 aliphatic heterocycles. The number of nitrogens with zero attached hydrogens (tertiary/aromatic N) is 1. The van der Waals surface area contributed by atoms with Crippen molar-refractivity contribution in [1.82, 2.24) is 0 Å². The van der Waals surface area contributed by atoms with E-state index in [1.54, 1.807) is 24.3 Å². The minimum absolute atomic E-state index is 0.00975. The van der Waals surface area contributed by atoms with E-state index in [-0.39, 0.29) is 21.8 Å². The minimum atomic E-state index is -4.74. The molecule has 0 radical (unpaired) electrons. The van der Waals surface area contributed by atoms with E-state index < -0.39 is 47.4 Å². The number of rotatable bonds is 11. The number of nitrogens with one attached hydrogen (secondary N) is 1. The monoisotopic (exact) mass is 625 g/mol. The van der Waals surface area contributed by atoms with Gasteiger partial charge >= 0.3 is 12.4 Å². The van der Waals surface area contributed by atoms with E-state index in [4.69, 9.17) is 5.73 Å². The second-order valence-corrected chi connectivity index (χ2v) is 12.3. The van der Waals surface area contributed by atoms with Gasteiger partial charge in [0.2, 0.25) is 5.90 Å². The molecule has 0 unspecified atom stereocenters. The summed E-state index contributed by atoms with van der Waals surface area (Å²) in [6.45, 7) is 6.13. The fourth-order valence-electron chi connectivity index (χ4n) is 2.91. The number of benzene rings is 2. The number of thioether (sulfide) groups is 1. The first-order chi connectivity index (χ1) is 18.7. The number of aliphatic imine (C=N–C) groups is 1. The van der Waals surface area contributed by atoms with Gasteiger partial charge in [0, 0.05) is 22.0 Å². The van der Waals surface area contributed by atoms with Crippen molar-refractivity contribution in [2.75, 3.05) is 23.7 Å². The molecule has 2 aromatic rings. The molecule has 0 aliphatic carbocycles. The van der Waals surface area contributed by atoms with E-state index >= 15 is 0 Å². The van der Waals surface area contributed by atoms with Crippen molar-refractivity contribution in [1.29, 1.82) is 0 Å². The average molecular weight is 626 g/mol. The normalized spacial score (nSPS) is 13.6. The molecule has 0 atom stereocenters. The van der Waals surface area contributed by atoms with Crippen LogP contribution in [0.25, 0.3) is 0 Å². The molecule has 0 saturated carbocycles. The molecule has 15 heteroatoms. The van der Waals surface area contributed by atoms with Crippen molar-refractivity contribution >= 4 is 33.4 Å². The summed E-state index contributed by atoms with van der Waals surface area (Å²) in [5.41, 5.74) is 6.45. The molecule has 0 heterocycles. The topological polar surface area (TPSA) is 103 Å². The van der Waals surface area contributed by atoms with Gasteiger partial charge in [-0.1, -0.05) is 39.5 Å². The van der Waals surface area contributed by atoms with Gasteiger partial charge in [0.1, 0.15) is 0 Å². The first kappa shape index (κ1) is 33.9. The Kier molecular flexibility index (Phi) is 11.2. The summed E-state index contributed by atoms with van der Waals surface area (Å²) in [6, 6.07) is 12.8. The zero-order valence-corrected chi connectivity index (χ0v) is 23.9. The zero-order valence-electron chi connectivity index (χ0n) is 22.3. The Morgan fingerprint density at radius 1 is 0.951 bits per heavy atom. The number of alkyl halides is 6. The fraction of sp³-hybridized carbons (Fsp3) is 0.346. The highest BCUT2D eigenvalue weighted by Crippen LogP contribution is 2.26. The van der Waals surface area contributed by atoms with Crippen LogP contribution >= 0.6 is 11.8 Å². The lowest BCUT2D eigenvalue weighted by Gasteiger charge is -2.19. The Hall–Kier alpha value is -3.33. The van der Waals surface area contributed by atoms with Crippen LogP contribution in [0.4, 0.5) is 32.0 Å². The summed E-state index contributed by atoms with van der Waals surface area (Å²) < 4.78 is 111. The van der Waals surface area contributed by atoms with Crippen LogP contribution < -0.4 is 10.5 Å². The van der Waals surface area contributed by atoms with Gasteiger partial charge in [-0.3, -0.25) is 4.72 Å². The van der Waals surface area contributed by atoms with Crippen LogP contribution in [0, 0.1) is 0 Å². The van der Waals surface area contributed by atoms with E-state index in [2.05, 4.69) is 25.8 Å². The second kappa shape index (κ2) is 13.6. The van der Waals surface area contributed by atoms with Gasteiger partial charge in [-0.05, 0) is 47.4 Å². The predicted octanol–water partition coefficient (Wildman–Crippen LogP) is 6.75. The Morgan fingerprint density at radius 3 is 2.00 bits per heavy atom. The quantitative estimate of drug-likeness (QED) is 0.0942. The summed E-state index contributed by atoms with van der Waals surface area (Å²) >= 11 is 1.16. The molecule has 0 bridgehead atoms. The number of halogens is 6. The van der Waals surface area contributed by atoms with Crippen LogP contribution in [-0.2, 0) is 24.9 Å². The largest absolute Gasteiger partial charge is 0.470 e. The minimum Gasteiger partial charge on any atom is -0.470 e. The Labute approximate surface area is 238 Å². The first-order valence-electron chi connectivity index (χ1n) is 11.7. The summed E-state index contributed by atoms with van der Waals surface area (Å²) in [6.07, 6.45) is -8.87. The van der Waals surface area contributed by atoms with Crippen LogP contribution in [-0.4, -0.2) is 45.6 Å². The van der Waals surface area contributed by atoms with Gasteiger partial charge in [-0.15, -0.1) is 11.8 Å². The van der Waals surface area contributed by atoms with E-state index in [0.717, 1.165) is 17.3 Å². The van der Waals surface area contributed by atoms with Gasteiger partial charge < -0.3 is 15.2 Å². The standard InChI is InChI=1S/C26H29F6N3O4S2/c1-17(34-23(39-16-26(30,31)32)13-22(33)38-15-25(27,28)29)14-40-20-9-7-19(8-10-20)35-41(36,37)21-11-5-18(6-12-21)24(2,3)4/h5-13,35H,1,14-16,33H2,2-4H3/b22-13+,34-23?. The highest BCUT2D eigenvalue weighted by atomic mass is 32.2. The molecule has 2 aromatic carbocycles. The second-order valence-electron chi connectivity index (χ2n) is 9.56. The van der Waals surface area contributed by atoms with E-state index in [0.29, 0.717) is 16.7 Å².